The van der Waals surface area contributed by atoms with Crippen molar-refractivity contribution in [2.75, 3.05) is 7.11 Å². The van der Waals surface area contributed by atoms with Crippen molar-refractivity contribution in [2.45, 2.75) is 63.8 Å². The summed E-state index contributed by atoms with van der Waals surface area (Å²) in [5, 5.41) is 2.17. The highest BCUT2D eigenvalue weighted by molar-refractivity contribution is 5.85. The van der Waals surface area contributed by atoms with Gasteiger partial charge in [-0.3, -0.25) is 4.79 Å². The molecule has 11 heteroatoms. The molecule has 0 spiro atoms. The molecule has 9 nitrogen and oxygen atoms in total. The van der Waals surface area contributed by atoms with Crippen molar-refractivity contribution in [3.05, 3.63) is 113 Å². The molecule has 0 aliphatic carbocycles. The Balaban J connectivity index is 1.42. The molecule has 1 aliphatic heterocycles. The van der Waals surface area contributed by atoms with Gasteiger partial charge in [-0.15, -0.1) is 0 Å². The number of allylic oxidation sites excluding steroid dienone is 1. The van der Waals surface area contributed by atoms with E-state index in [9.17, 15) is 4.79 Å². The van der Waals surface area contributed by atoms with Crippen LogP contribution in [-0.4, -0.2) is 33.0 Å². The first kappa shape index (κ1) is 32.8. The van der Waals surface area contributed by atoms with Gasteiger partial charge in [-0.2, -0.15) is 0 Å². The Hall–Kier alpha value is -5.16. The molecule has 250 valence electrons. The van der Waals surface area contributed by atoms with E-state index < -0.39 is 17.0 Å². The van der Waals surface area contributed by atoms with Crippen LogP contribution in [0.4, 0.5) is 8.78 Å². The monoisotopic (exact) mass is 654 g/mol. The second kappa shape index (κ2) is 13.9. The van der Waals surface area contributed by atoms with Gasteiger partial charge in [0.15, 0.2) is 11.6 Å². The summed E-state index contributed by atoms with van der Waals surface area (Å²) in [6.45, 7) is 2.26. The highest BCUT2D eigenvalue weighted by Crippen LogP contribution is 2.40. The minimum Gasteiger partial charge on any atom is -0.469 e. The van der Waals surface area contributed by atoms with E-state index in [-0.39, 0.29) is 36.0 Å². The number of nitrogens with two attached hydrogens (primary N) is 2. The Morgan fingerprint density at radius 1 is 1.10 bits per heavy atom. The third-order valence-electron chi connectivity index (χ3n) is 9.17. The number of imidazole rings is 1. The minimum absolute atomic E-state index is 0.0141. The number of carbonyl (C=O) groups excluding carboxylic acids is 1. The summed E-state index contributed by atoms with van der Waals surface area (Å²) in [6.07, 6.45) is 10.0. The van der Waals surface area contributed by atoms with E-state index in [2.05, 4.69) is 34.0 Å². The average molecular weight is 655 g/mol. The number of aromatic amines is 2. The van der Waals surface area contributed by atoms with Crippen LogP contribution in [0.1, 0.15) is 67.8 Å². The number of rotatable bonds is 4. The first-order valence-electron chi connectivity index (χ1n) is 16.1. The maximum absolute atomic E-state index is 15.6. The number of esters is 1. The lowest BCUT2D eigenvalue weighted by molar-refractivity contribution is -0.140. The summed E-state index contributed by atoms with van der Waals surface area (Å²) in [6, 6.07) is 15.6. The van der Waals surface area contributed by atoms with Crippen LogP contribution in [0.3, 0.4) is 0 Å². The van der Waals surface area contributed by atoms with Gasteiger partial charge < -0.3 is 30.2 Å². The number of methoxy groups -OCH3 is 1. The number of halogens is 2. The highest BCUT2D eigenvalue weighted by atomic mass is 19.1. The van der Waals surface area contributed by atoms with Crippen LogP contribution in [0.25, 0.3) is 22.3 Å². The largest absolute Gasteiger partial charge is 0.469 e. The minimum atomic E-state index is -0.591. The summed E-state index contributed by atoms with van der Waals surface area (Å²) < 4.78 is 42.0. The Bertz CT molecular complexity index is 1970. The molecule has 0 amide bonds. The molecule has 6 rings (SSSR count). The normalized spacial score (nSPS) is 18.5. The molecule has 0 saturated carbocycles. The van der Waals surface area contributed by atoms with Crippen LogP contribution in [0, 0.1) is 11.6 Å². The van der Waals surface area contributed by atoms with Crippen molar-refractivity contribution >= 4 is 16.9 Å². The Labute approximate surface area is 277 Å². The van der Waals surface area contributed by atoms with Gasteiger partial charge in [0.25, 0.3) is 0 Å². The molecule has 5 aromatic rings. The molecule has 0 fully saturated rings. The number of fused-ring (bicyclic) bond motifs is 8. The van der Waals surface area contributed by atoms with Crippen molar-refractivity contribution in [1.29, 1.82) is 0 Å². The molecule has 1 aliphatic rings. The molecular formula is C37H40F2N6O3. The molecule has 4 bridgehead atoms. The van der Waals surface area contributed by atoms with E-state index >= 15 is 8.78 Å². The number of hydrogen-bond donors (Lipinski definition) is 4. The summed E-state index contributed by atoms with van der Waals surface area (Å²) in [7, 11) is 1.39. The molecule has 0 radical (unpaired) electrons. The van der Waals surface area contributed by atoms with Crippen LogP contribution in [-0.2, 0) is 27.9 Å². The number of benzene rings is 3. The lowest BCUT2D eigenvalue weighted by atomic mass is 9.75. The van der Waals surface area contributed by atoms with E-state index in [4.69, 9.17) is 21.1 Å². The van der Waals surface area contributed by atoms with Gasteiger partial charge in [-0.25, -0.2) is 19.6 Å². The quantitative estimate of drug-likeness (QED) is 0.117. The van der Waals surface area contributed by atoms with E-state index in [1.54, 1.807) is 18.6 Å². The Morgan fingerprint density at radius 3 is 2.79 bits per heavy atom. The molecule has 2 aromatic heterocycles. The fourth-order valence-corrected chi connectivity index (χ4v) is 6.44. The second-order valence-corrected chi connectivity index (χ2v) is 12.5. The number of nitrogens with zero attached hydrogens (tertiary/aromatic N) is 2. The molecule has 0 saturated heterocycles. The van der Waals surface area contributed by atoms with Crippen LogP contribution < -0.4 is 16.3 Å². The summed E-state index contributed by atoms with van der Waals surface area (Å²) >= 11 is 0. The number of aromatic nitrogens is 3. The summed E-state index contributed by atoms with van der Waals surface area (Å²) in [5.74, 6) is 5.57. The summed E-state index contributed by atoms with van der Waals surface area (Å²) in [5.41, 5.74) is 10.7. The predicted octanol–water partition coefficient (Wildman–Crippen LogP) is 7.48. The molecular weight excluding hydrogens is 614 g/mol. The van der Waals surface area contributed by atoms with Crippen molar-refractivity contribution in [3.8, 4) is 22.9 Å². The SMILES string of the molecule is COC(=O)CCc1cccc(C2(C)CCCCC/C(N)=C/N(N)Cc3c(c(F)cc4[nH]ccc34)Oc3ccc(F)c(c3)-c3ncc2[nH]3)c1. The Morgan fingerprint density at radius 2 is 1.96 bits per heavy atom. The lowest BCUT2D eigenvalue weighted by Crippen LogP contribution is -2.26. The molecule has 48 heavy (non-hydrogen) atoms. The number of nitrogens with one attached hydrogen (secondary N) is 2. The van der Waals surface area contributed by atoms with E-state index in [0.717, 1.165) is 47.9 Å². The lowest BCUT2D eigenvalue weighted by Gasteiger charge is -2.30. The topological polar surface area (TPSA) is 135 Å². The van der Waals surface area contributed by atoms with Gasteiger partial charge in [0.1, 0.15) is 17.4 Å². The number of ether oxygens (including phenoxy) is 2. The van der Waals surface area contributed by atoms with E-state index in [0.29, 0.717) is 35.4 Å². The van der Waals surface area contributed by atoms with Crippen molar-refractivity contribution in [1.82, 2.24) is 20.0 Å². The molecule has 3 heterocycles. The zero-order chi connectivity index (χ0) is 33.8. The van der Waals surface area contributed by atoms with E-state index in [1.807, 2.05) is 18.2 Å². The van der Waals surface area contributed by atoms with Crippen LogP contribution in [0.2, 0.25) is 0 Å². The molecule has 1 atom stereocenters. The number of hydrazine groups is 1. The second-order valence-electron chi connectivity index (χ2n) is 12.5. The maximum Gasteiger partial charge on any atom is 0.305 e. The summed E-state index contributed by atoms with van der Waals surface area (Å²) in [4.78, 5) is 22.9. The van der Waals surface area contributed by atoms with Gasteiger partial charge in [0.2, 0.25) is 0 Å². The predicted molar refractivity (Wildman–Crippen MR) is 181 cm³/mol. The number of aryl methyl sites for hydroxylation is 1. The van der Waals surface area contributed by atoms with Gasteiger partial charge in [0, 0.05) is 64.4 Å². The van der Waals surface area contributed by atoms with Crippen molar-refractivity contribution < 1.29 is 23.0 Å². The van der Waals surface area contributed by atoms with Crippen molar-refractivity contribution in [2.24, 2.45) is 11.6 Å². The van der Waals surface area contributed by atoms with Crippen LogP contribution in [0.5, 0.6) is 11.5 Å². The number of hydrogen-bond acceptors (Lipinski definition) is 7. The third-order valence-corrected chi connectivity index (χ3v) is 9.17. The zero-order valence-corrected chi connectivity index (χ0v) is 27.1. The van der Waals surface area contributed by atoms with Gasteiger partial charge in [-0.1, -0.05) is 37.1 Å². The van der Waals surface area contributed by atoms with Gasteiger partial charge in [-0.05, 0) is 68.0 Å². The number of H-pyrrole nitrogens is 2. The van der Waals surface area contributed by atoms with Gasteiger partial charge in [0.05, 0.1) is 19.2 Å². The van der Waals surface area contributed by atoms with Crippen LogP contribution in [0.15, 0.2) is 78.9 Å². The fourth-order valence-electron chi connectivity index (χ4n) is 6.44. The standard InChI is InChI=1S/C37H40F2N6O3/c1-37(24-8-6-7-23(17-24)10-13-34(46)47-2)15-5-3-4-9-25(40)21-45(41)22-29-27-14-16-42-32(27)19-31(39)35(29)48-26-11-12-30(38)28(18-26)36-43-20-33(37)44-36/h6-8,11-12,14,16-21,42H,3-5,9-10,13,15,22,40-41H2,1-2H3,(H,43,44)/b25-21-. The maximum atomic E-state index is 15.6. The van der Waals surface area contributed by atoms with Crippen LogP contribution >= 0.6 is 0 Å². The molecule has 3 aromatic carbocycles. The molecule has 6 N–H and O–H groups in total. The zero-order valence-electron chi connectivity index (χ0n) is 27.1. The van der Waals surface area contributed by atoms with E-state index in [1.165, 1.54) is 36.4 Å². The Kier molecular flexibility index (Phi) is 9.49. The fraction of sp³-hybridized carbons (Fsp3) is 0.297. The third kappa shape index (κ3) is 6.91. The first-order valence-corrected chi connectivity index (χ1v) is 16.1. The molecule has 1 unspecified atom stereocenters. The average Bonchev–Trinajstić information content (AvgIpc) is 3.76. The van der Waals surface area contributed by atoms with Gasteiger partial charge >= 0.3 is 5.97 Å². The van der Waals surface area contributed by atoms with Crippen molar-refractivity contribution in [3.63, 3.8) is 0 Å². The first-order chi connectivity index (χ1) is 23.1. The number of carbonyl (C=O) groups is 1. The highest BCUT2D eigenvalue weighted by Gasteiger charge is 2.31. The smallest absolute Gasteiger partial charge is 0.305 e.